The summed E-state index contributed by atoms with van der Waals surface area (Å²) in [5, 5.41) is 2.87. The minimum atomic E-state index is -4.38. The zero-order valence-electron chi connectivity index (χ0n) is 21.8. The number of hydrogen-bond acceptors (Lipinski definition) is 3. The van der Waals surface area contributed by atoms with Crippen LogP contribution in [0, 0.1) is 0 Å². The summed E-state index contributed by atoms with van der Waals surface area (Å²) < 4.78 is 44.4. The van der Waals surface area contributed by atoms with Gasteiger partial charge in [-0.25, -0.2) is 4.79 Å². The number of amides is 2. The van der Waals surface area contributed by atoms with Crippen LogP contribution in [0.5, 0.6) is 0 Å². The number of nitrogens with zero attached hydrogens (tertiary/aromatic N) is 1. The van der Waals surface area contributed by atoms with Gasteiger partial charge in [0.25, 0.3) is 0 Å². The summed E-state index contributed by atoms with van der Waals surface area (Å²) in [6.07, 6.45) is -1.73. The number of ether oxygens (including phenoxy) is 1. The van der Waals surface area contributed by atoms with Crippen LogP contribution in [-0.2, 0) is 34.2 Å². The summed E-state index contributed by atoms with van der Waals surface area (Å²) in [6.45, 7) is 1.33. The predicted molar refractivity (Wildman–Crippen MR) is 143 cm³/mol. The Morgan fingerprint density at radius 2 is 1.41 bits per heavy atom. The highest BCUT2D eigenvalue weighted by Gasteiger charge is 2.41. The lowest BCUT2D eigenvalue weighted by Gasteiger charge is -2.41. The molecule has 0 unspecified atom stereocenters. The largest absolute Gasteiger partial charge is 0.438 e. The predicted octanol–water partition coefficient (Wildman–Crippen LogP) is 6.51. The Bertz CT molecular complexity index is 1210. The van der Waals surface area contributed by atoms with Gasteiger partial charge in [-0.3, -0.25) is 4.79 Å². The fraction of sp³-hybridized carbons (Fsp3) is 0.355. The molecule has 0 radical (unpaired) electrons. The number of carbonyl (C=O) groups excluding carboxylic acids is 2. The third-order valence-electron chi connectivity index (χ3n) is 7.17. The molecule has 4 rings (SSSR count). The van der Waals surface area contributed by atoms with Gasteiger partial charge in [0.1, 0.15) is 5.60 Å². The maximum atomic E-state index is 12.9. The van der Waals surface area contributed by atoms with Crippen LogP contribution in [-0.4, -0.2) is 36.5 Å². The highest BCUT2D eigenvalue weighted by Crippen LogP contribution is 2.37. The summed E-state index contributed by atoms with van der Waals surface area (Å²) in [5.41, 5.74) is 1.24. The lowest BCUT2D eigenvalue weighted by Crippen LogP contribution is -2.48. The van der Waals surface area contributed by atoms with Gasteiger partial charge in [-0.15, -0.1) is 0 Å². The van der Waals surface area contributed by atoms with E-state index in [-0.39, 0.29) is 12.3 Å². The van der Waals surface area contributed by atoms with E-state index < -0.39 is 23.4 Å². The van der Waals surface area contributed by atoms with E-state index in [0.29, 0.717) is 44.5 Å². The molecule has 2 amide bonds. The normalized spacial score (nSPS) is 15.0. The average molecular weight is 539 g/mol. The first-order valence-electron chi connectivity index (χ1n) is 13.3. The van der Waals surface area contributed by atoms with Gasteiger partial charge in [0.15, 0.2) is 0 Å². The molecule has 3 aromatic rings. The summed E-state index contributed by atoms with van der Waals surface area (Å²) >= 11 is 0. The molecule has 1 fully saturated rings. The summed E-state index contributed by atoms with van der Waals surface area (Å²) in [6, 6.07) is 24.6. The molecule has 1 heterocycles. The quantitative estimate of drug-likeness (QED) is 0.316. The first-order valence-corrected chi connectivity index (χ1v) is 13.3. The highest BCUT2D eigenvalue weighted by molar-refractivity contribution is 5.76. The van der Waals surface area contributed by atoms with E-state index in [9.17, 15) is 22.8 Å². The Hall–Kier alpha value is -3.81. The molecule has 8 heteroatoms. The number of rotatable bonds is 9. The van der Waals surface area contributed by atoms with E-state index in [1.54, 1.807) is 4.90 Å². The zero-order chi connectivity index (χ0) is 27.7. The van der Waals surface area contributed by atoms with Gasteiger partial charge in [0.2, 0.25) is 5.91 Å². The Balaban J connectivity index is 1.30. The maximum absolute atomic E-state index is 12.9. The molecule has 3 aromatic carbocycles. The molecular weight excluding hydrogens is 505 g/mol. The van der Waals surface area contributed by atoms with Crippen molar-refractivity contribution in [3.8, 4) is 0 Å². The lowest BCUT2D eigenvalue weighted by molar-refractivity contribution is -0.138. The molecule has 1 aliphatic rings. The molecule has 0 bridgehead atoms. The number of likely N-dealkylation sites (tertiary alicyclic amines) is 1. The van der Waals surface area contributed by atoms with Gasteiger partial charge in [0, 0.05) is 38.9 Å². The number of hydrogen-bond donors (Lipinski definition) is 1. The number of halogens is 3. The van der Waals surface area contributed by atoms with Gasteiger partial charge in [0.05, 0.1) is 5.56 Å². The van der Waals surface area contributed by atoms with E-state index >= 15 is 0 Å². The van der Waals surface area contributed by atoms with Gasteiger partial charge in [-0.2, -0.15) is 13.2 Å². The van der Waals surface area contributed by atoms with Gasteiger partial charge >= 0.3 is 12.3 Å². The lowest BCUT2D eigenvalue weighted by atomic mass is 9.84. The van der Waals surface area contributed by atoms with Crippen molar-refractivity contribution in [2.45, 2.75) is 50.3 Å². The number of aryl methyl sites for hydroxylation is 2. The molecule has 0 saturated carbocycles. The van der Waals surface area contributed by atoms with E-state index in [4.69, 9.17) is 4.74 Å². The van der Waals surface area contributed by atoms with Crippen LogP contribution in [0.3, 0.4) is 0 Å². The van der Waals surface area contributed by atoms with Crippen LogP contribution < -0.4 is 5.32 Å². The molecule has 1 aliphatic heterocycles. The average Bonchev–Trinajstić information content (AvgIpc) is 2.95. The second-order valence-electron chi connectivity index (χ2n) is 9.84. The molecule has 0 aliphatic carbocycles. The smallest absolute Gasteiger partial charge is 0.416 e. The topological polar surface area (TPSA) is 58.6 Å². The van der Waals surface area contributed by atoms with Crippen molar-refractivity contribution < 1.29 is 27.5 Å². The molecular formula is C31H33F3N2O3. The van der Waals surface area contributed by atoms with E-state index in [0.717, 1.165) is 30.5 Å². The van der Waals surface area contributed by atoms with Crippen LogP contribution >= 0.6 is 0 Å². The van der Waals surface area contributed by atoms with Crippen LogP contribution in [0.2, 0.25) is 0 Å². The van der Waals surface area contributed by atoms with Crippen LogP contribution in [0.25, 0.3) is 0 Å². The first-order chi connectivity index (χ1) is 18.7. The SMILES string of the molecule is O=C(NCCCc1ccccc1)OC1(c2ccccc2)CCN(C(=O)CCc2ccc(C(F)(F)F)cc2)CC1. The molecule has 1 N–H and O–H groups in total. The number of carbonyl (C=O) groups is 2. The number of alkyl carbamates (subject to hydrolysis) is 1. The van der Waals surface area contributed by atoms with Crippen molar-refractivity contribution in [3.63, 3.8) is 0 Å². The Morgan fingerprint density at radius 1 is 0.821 bits per heavy atom. The molecule has 0 aromatic heterocycles. The fourth-order valence-corrected chi connectivity index (χ4v) is 4.92. The molecule has 0 atom stereocenters. The zero-order valence-corrected chi connectivity index (χ0v) is 21.8. The van der Waals surface area contributed by atoms with Crippen molar-refractivity contribution in [3.05, 3.63) is 107 Å². The van der Waals surface area contributed by atoms with Gasteiger partial charge in [-0.1, -0.05) is 72.8 Å². The van der Waals surface area contributed by atoms with Crippen LogP contribution in [0.1, 0.15) is 47.9 Å². The second kappa shape index (κ2) is 12.8. The minimum absolute atomic E-state index is 0.0677. The highest BCUT2D eigenvalue weighted by atomic mass is 19.4. The molecule has 39 heavy (non-hydrogen) atoms. The first kappa shape index (κ1) is 28.2. The fourth-order valence-electron chi connectivity index (χ4n) is 4.92. The Kier molecular flexibility index (Phi) is 9.28. The van der Waals surface area contributed by atoms with Crippen molar-refractivity contribution in [1.29, 1.82) is 0 Å². The van der Waals surface area contributed by atoms with Crippen LogP contribution in [0.4, 0.5) is 18.0 Å². The molecule has 1 saturated heterocycles. The van der Waals surface area contributed by atoms with Gasteiger partial charge < -0.3 is 15.0 Å². The third-order valence-corrected chi connectivity index (χ3v) is 7.17. The molecule has 206 valence electrons. The van der Waals surface area contributed by atoms with E-state index in [2.05, 4.69) is 17.4 Å². The number of nitrogens with one attached hydrogen (secondary N) is 1. The van der Waals surface area contributed by atoms with Crippen molar-refractivity contribution in [2.24, 2.45) is 0 Å². The summed E-state index contributed by atoms with van der Waals surface area (Å²) in [5.74, 6) is -0.0677. The van der Waals surface area contributed by atoms with Gasteiger partial charge in [-0.05, 0) is 48.1 Å². The maximum Gasteiger partial charge on any atom is 0.416 e. The van der Waals surface area contributed by atoms with Crippen molar-refractivity contribution in [1.82, 2.24) is 10.2 Å². The van der Waals surface area contributed by atoms with E-state index in [1.807, 2.05) is 48.5 Å². The minimum Gasteiger partial charge on any atom is -0.438 e. The Labute approximate surface area is 227 Å². The van der Waals surface area contributed by atoms with Crippen molar-refractivity contribution in [2.75, 3.05) is 19.6 Å². The van der Waals surface area contributed by atoms with Crippen LogP contribution in [0.15, 0.2) is 84.9 Å². The number of piperidine rings is 1. The number of benzene rings is 3. The Morgan fingerprint density at radius 3 is 2.03 bits per heavy atom. The summed E-state index contributed by atoms with van der Waals surface area (Å²) in [4.78, 5) is 27.4. The third kappa shape index (κ3) is 7.85. The standard InChI is InChI=1S/C31H33F3N2O3/c32-31(33,34)27-16-13-25(14-17-27)15-18-28(37)36-22-19-30(20-23-36,26-11-5-2-6-12-26)39-29(38)35-21-7-10-24-8-3-1-4-9-24/h1-6,8-9,11-14,16-17H,7,10,15,18-23H2,(H,35,38). The second-order valence-corrected chi connectivity index (χ2v) is 9.84. The van der Waals surface area contributed by atoms with E-state index in [1.165, 1.54) is 17.7 Å². The molecule has 5 nitrogen and oxygen atoms in total. The molecule has 0 spiro atoms. The monoisotopic (exact) mass is 538 g/mol. The van der Waals surface area contributed by atoms with Crippen molar-refractivity contribution >= 4 is 12.0 Å². The number of alkyl halides is 3. The summed E-state index contributed by atoms with van der Waals surface area (Å²) in [7, 11) is 0.